The molecule has 0 N–H and O–H groups in total. The zero-order valence-corrected chi connectivity index (χ0v) is 13.5. The maximum atomic E-state index is 6.22. The minimum Gasteiger partial charge on any atom is -0.355 e. The Bertz CT molecular complexity index is 611. The van der Waals surface area contributed by atoms with E-state index in [9.17, 15) is 0 Å². The minimum absolute atomic E-state index is 0.460. The second-order valence-electron chi connectivity index (χ2n) is 4.96. The number of hydrogen-bond donors (Lipinski definition) is 0. The Labute approximate surface area is 130 Å². The monoisotopic (exact) mass is 308 g/mol. The summed E-state index contributed by atoms with van der Waals surface area (Å²) in [7, 11) is 2.01. The molecular formula is C16H18Cl2N2. The van der Waals surface area contributed by atoms with Gasteiger partial charge in [-0.15, -0.1) is 11.6 Å². The Kier molecular flexibility index (Phi) is 4.90. The van der Waals surface area contributed by atoms with Gasteiger partial charge in [-0.3, -0.25) is 0 Å². The van der Waals surface area contributed by atoms with Crippen LogP contribution < -0.4 is 4.90 Å². The van der Waals surface area contributed by atoms with Gasteiger partial charge < -0.3 is 4.90 Å². The third kappa shape index (κ3) is 3.25. The number of nitrogens with zero attached hydrogens (tertiary/aromatic N) is 2. The van der Waals surface area contributed by atoms with Gasteiger partial charge in [0.25, 0.3) is 0 Å². The van der Waals surface area contributed by atoms with Gasteiger partial charge in [0.1, 0.15) is 5.82 Å². The molecule has 2 aromatic rings. The van der Waals surface area contributed by atoms with Gasteiger partial charge in [-0.05, 0) is 37.1 Å². The molecule has 0 radical (unpaired) electrons. The summed E-state index contributed by atoms with van der Waals surface area (Å²) in [5.74, 6) is 1.39. The summed E-state index contributed by atoms with van der Waals surface area (Å²) >= 11 is 12.3. The highest BCUT2D eigenvalue weighted by Crippen LogP contribution is 2.26. The molecule has 0 saturated heterocycles. The Balaban J connectivity index is 2.34. The molecule has 0 unspecified atom stereocenters. The Morgan fingerprint density at radius 2 is 1.90 bits per heavy atom. The maximum absolute atomic E-state index is 6.22. The van der Waals surface area contributed by atoms with Crippen molar-refractivity contribution in [1.82, 2.24) is 4.98 Å². The summed E-state index contributed by atoms with van der Waals surface area (Å²) in [5.41, 5.74) is 4.33. The SMILES string of the molecule is Cc1cc(C)c(CCl)c(N(C)Cc2ccccc2Cl)n1. The molecule has 0 aliphatic heterocycles. The molecule has 1 heterocycles. The predicted octanol–water partition coefficient (Wildman–Crippen LogP) is 4.73. The van der Waals surface area contributed by atoms with Crippen LogP contribution in [0.15, 0.2) is 30.3 Å². The summed E-state index contributed by atoms with van der Waals surface area (Å²) in [6, 6.07) is 9.92. The smallest absolute Gasteiger partial charge is 0.133 e. The third-order valence-corrected chi connectivity index (χ3v) is 3.95. The topological polar surface area (TPSA) is 16.1 Å². The molecule has 1 aromatic heterocycles. The zero-order valence-electron chi connectivity index (χ0n) is 12.0. The average molecular weight is 309 g/mol. The highest BCUT2D eigenvalue weighted by molar-refractivity contribution is 6.31. The number of aromatic nitrogens is 1. The number of anilines is 1. The van der Waals surface area contributed by atoms with E-state index in [1.54, 1.807) is 0 Å². The Morgan fingerprint density at radius 1 is 1.20 bits per heavy atom. The zero-order chi connectivity index (χ0) is 14.7. The quantitative estimate of drug-likeness (QED) is 0.759. The summed E-state index contributed by atoms with van der Waals surface area (Å²) in [6.45, 7) is 4.77. The maximum Gasteiger partial charge on any atom is 0.133 e. The number of alkyl halides is 1. The largest absolute Gasteiger partial charge is 0.355 e. The van der Waals surface area contributed by atoms with Crippen LogP contribution in [0.1, 0.15) is 22.4 Å². The van der Waals surface area contributed by atoms with Gasteiger partial charge in [0.15, 0.2) is 0 Å². The van der Waals surface area contributed by atoms with Crippen molar-refractivity contribution in [2.45, 2.75) is 26.3 Å². The number of benzene rings is 1. The van der Waals surface area contributed by atoms with Crippen molar-refractivity contribution in [3.05, 3.63) is 57.7 Å². The van der Waals surface area contributed by atoms with Gasteiger partial charge >= 0.3 is 0 Å². The van der Waals surface area contributed by atoms with Crippen molar-refractivity contribution in [3.63, 3.8) is 0 Å². The van der Waals surface area contributed by atoms with E-state index in [2.05, 4.69) is 22.9 Å². The molecule has 2 nitrogen and oxygen atoms in total. The van der Waals surface area contributed by atoms with Crippen LogP contribution in [0.25, 0.3) is 0 Å². The summed E-state index contributed by atoms with van der Waals surface area (Å²) in [5, 5.41) is 0.774. The molecule has 1 aromatic carbocycles. The second-order valence-corrected chi connectivity index (χ2v) is 5.64. The van der Waals surface area contributed by atoms with Gasteiger partial charge in [-0.25, -0.2) is 4.98 Å². The Hall–Kier alpha value is -1.25. The summed E-state index contributed by atoms with van der Waals surface area (Å²) in [6.07, 6.45) is 0. The van der Waals surface area contributed by atoms with Crippen LogP contribution in [0.2, 0.25) is 5.02 Å². The first kappa shape index (κ1) is 15.1. The first-order valence-corrected chi connectivity index (χ1v) is 7.41. The average Bonchev–Trinajstić information content (AvgIpc) is 2.40. The molecule has 0 aliphatic rings. The van der Waals surface area contributed by atoms with Crippen LogP contribution in [0.5, 0.6) is 0 Å². The summed E-state index contributed by atoms with van der Waals surface area (Å²) in [4.78, 5) is 6.73. The second kappa shape index (κ2) is 6.47. The van der Waals surface area contributed by atoms with Crippen LogP contribution in [0.3, 0.4) is 0 Å². The molecule has 2 rings (SSSR count). The van der Waals surface area contributed by atoms with E-state index < -0.39 is 0 Å². The van der Waals surface area contributed by atoms with E-state index >= 15 is 0 Å². The fourth-order valence-electron chi connectivity index (χ4n) is 2.28. The molecular weight excluding hydrogens is 291 g/mol. The number of rotatable bonds is 4. The van der Waals surface area contributed by atoms with Crippen molar-refractivity contribution in [3.8, 4) is 0 Å². The number of aryl methyl sites for hydroxylation is 2. The van der Waals surface area contributed by atoms with E-state index in [0.717, 1.165) is 27.7 Å². The minimum atomic E-state index is 0.460. The third-order valence-electron chi connectivity index (χ3n) is 3.31. The summed E-state index contributed by atoms with van der Waals surface area (Å²) < 4.78 is 0. The van der Waals surface area contributed by atoms with Crippen LogP contribution in [0, 0.1) is 13.8 Å². The number of pyridine rings is 1. The van der Waals surface area contributed by atoms with Gasteiger partial charge in [0.05, 0.1) is 5.88 Å². The number of hydrogen-bond acceptors (Lipinski definition) is 2. The molecule has 0 aliphatic carbocycles. The molecule has 0 saturated carbocycles. The van der Waals surface area contributed by atoms with Crippen molar-refractivity contribution in [2.75, 3.05) is 11.9 Å². The highest BCUT2D eigenvalue weighted by atomic mass is 35.5. The molecule has 0 spiro atoms. The van der Waals surface area contributed by atoms with Gasteiger partial charge in [0.2, 0.25) is 0 Å². The van der Waals surface area contributed by atoms with E-state index in [4.69, 9.17) is 23.2 Å². The van der Waals surface area contributed by atoms with Crippen molar-refractivity contribution >= 4 is 29.0 Å². The first-order valence-electron chi connectivity index (χ1n) is 6.50. The highest BCUT2D eigenvalue weighted by Gasteiger charge is 2.13. The van der Waals surface area contributed by atoms with E-state index in [1.165, 1.54) is 5.56 Å². The van der Waals surface area contributed by atoms with Gasteiger partial charge in [-0.2, -0.15) is 0 Å². The van der Waals surface area contributed by atoms with Crippen LogP contribution >= 0.6 is 23.2 Å². The van der Waals surface area contributed by atoms with Crippen LogP contribution in [-0.2, 0) is 12.4 Å². The van der Waals surface area contributed by atoms with Gasteiger partial charge in [-0.1, -0.05) is 29.8 Å². The number of halogens is 2. The molecule has 0 fully saturated rings. The van der Waals surface area contributed by atoms with Crippen LogP contribution in [-0.4, -0.2) is 12.0 Å². The van der Waals surface area contributed by atoms with Crippen molar-refractivity contribution in [2.24, 2.45) is 0 Å². The first-order chi connectivity index (χ1) is 9.52. The molecule has 20 heavy (non-hydrogen) atoms. The molecule has 0 amide bonds. The molecule has 106 valence electrons. The molecule has 0 bridgehead atoms. The lowest BCUT2D eigenvalue weighted by Crippen LogP contribution is -2.20. The lowest BCUT2D eigenvalue weighted by Gasteiger charge is -2.23. The van der Waals surface area contributed by atoms with Gasteiger partial charge in [0, 0.05) is 29.9 Å². The predicted molar refractivity (Wildman–Crippen MR) is 86.8 cm³/mol. The normalized spacial score (nSPS) is 10.7. The molecule has 4 heteroatoms. The fourth-order valence-corrected chi connectivity index (χ4v) is 2.81. The van der Waals surface area contributed by atoms with Crippen LogP contribution in [0.4, 0.5) is 5.82 Å². The lowest BCUT2D eigenvalue weighted by molar-refractivity contribution is 0.880. The van der Waals surface area contributed by atoms with Crippen molar-refractivity contribution in [1.29, 1.82) is 0 Å². The van der Waals surface area contributed by atoms with E-state index in [1.807, 2.05) is 38.2 Å². The van der Waals surface area contributed by atoms with E-state index in [-0.39, 0.29) is 0 Å². The van der Waals surface area contributed by atoms with E-state index in [0.29, 0.717) is 12.4 Å². The molecule has 0 atom stereocenters. The van der Waals surface area contributed by atoms with Crippen molar-refractivity contribution < 1.29 is 0 Å². The lowest BCUT2D eigenvalue weighted by atomic mass is 10.1. The Morgan fingerprint density at radius 3 is 2.55 bits per heavy atom. The fraction of sp³-hybridized carbons (Fsp3) is 0.312. The standard InChI is InChI=1S/C16H18Cl2N2/c1-11-8-12(2)19-16(14(11)9-17)20(3)10-13-6-4-5-7-15(13)18/h4-8H,9-10H2,1-3H3.